The first-order valence-electron chi connectivity index (χ1n) is 8.35. The van der Waals surface area contributed by atoms with Crippen LogP contribution < -0.4 is 5.32 Å². The van der Waals surface area contributed by atoms with E-state index in [0.29, 0.717) is 23.5 Å². The van der Waals surface area contributed by atoms with Crippen LogP contribution in [0.3, 0.4) is 0 Å². The fourth-order valence-corrected chi connectivity index (χ4v) is 4.88. The second kappa shape index (κ2) is 6.21. The largest absolute Gasteiger partial charge is 0.348 e. The van der Waals surface area contributed by atoms with Crippen LogP contribution in [-0.2, 0) is 9.84 Å². The summed E-state index contributed by atoms with van der Waals surface area (Å²) in [4.78, 5) is 17.1. The molecule has 1 aromatic carbocycles. The Balaban J connectivity index is 1.60. The molecule has 3 heterocycles. The Morgan fingerprint density at radius 3 is 2.81 bits per heavy atom. The summed E-state index contributed by atoms with van der Waals surface area (Å²) in [5.74, 6) is 0.440. The standard InChI is InChI=1S/C18H18N4O3S/c1-12-15(18(23)20-14-8-9-26(24,25)11-14)10-19-22(12)17-7-6-13-4-2-3-5-16(13)21-17/h2-7,10,14H,8-9,11H2,1H3,(H,20,23). The van der Waals surface area contributed by atoms with Crippen LogP contribution >= 0.6 is 0 Å². The maximum atomic E-state index is 12.5. The number of rotatable bonds is 3. The molecule has 7 nitrogen and oxygen atoms in total. The van der Waals surface area contributed by atoms with E-state index >= 15 is 0 Å². The molecule has 1 saturated heterocycles. The Kier molecular flexibility index (Phi) is 3.99. The lowest BCUT2D eigenvalue weighted by Gasteiger charge is -2.10. The highest BCUT2D eigenvalue weighted by Gasteiger charge is 2.30. The zero-order valence-electron chi connectivity index (χ0n) is 14.2. The van der Waals surface area contributed by atoms with Crippen LogP contribution in [-0.4, -0.2) is 46.6 Å². The fraction of sp³-hybridized carbons (Fsp3) is 0.278. The monoisotopic (exact) mass is 370 g/mol. The van der Waals surface area contributed by atoms with Gasteiger partial charge in [-0.25, -0.2) is 18.1 Å². The molecule has 1 amide bonds. The quantitative estimate of drug-likeness (QED) is 0.756. The number of sulfone groups is 1. The Bertz CT molecular complexity index is 1100. The van der Waals surface area contributed by atoms with Crippen molar-refractivity contribution in [3.8, 4) is 5.82 Å². The van der Waals surface area contributed by atoms with Gasteiger partial charge in [-0.15, -0.1) is 0 Å². The maximum Gasteiger partial charge on any atom is 0.255 e. The highest BCUT2D eigenvalue weighted by atomic mass is 32.2. The van der Waals surface area contributed by atoms with Crippen molar-refractivity contribution in [1.82, 2.24) is 20.1 Å². The number of benzene rings is 1. The summed E-state index contributed by atoms with van der Waals surface area (Å²) in [6, 6.07) is 11.3. The van der Waals surface area contributed by atoms with Gasteiger partial charge in [0, 0.05) is 11.4 Å². The van der Waals surface area contributed by atoms with E-state index in [-0.39, 0.29) is 23.5 Å². The lowest BCUT2D eigenvalue weighted by molar-refractivity contribution is 0.0940. The minimum absolute atomic E-state index is 0.00183. The Morgan fingerprint density at radius 2 is 2.04 bits per heavy atom. The van der Waals surface area contributed by atoms with Crippen molar-refractivity contribution < 1.29 is 13.2 Å². The molecule has 1 N–H and O–H groups in total. The number of nitrogens with one attached hydrogen (secondary N) is 1. The average molecular weight is 370 g/mol. The van der Waals surface area contributed by atoms with E-state index in [1.54, 1.807) is 11.6 Å². The third kappa shape index (κ3) is 3.08. The Labute approximate surface area is 151 Å². The van der Waals surface area contributed by atoms with Crippen LogP contribution in [0.2, 0.25) is 0 Å². The molecular formula is C18H18N4O3S. The van der Waals surface area contributed by atoms with Crippen molar-refractivity contribution in [3.05, 3.63) is 53.9 Å². The molecule has 0 saturated carbocycles. The molecule has 1 fully saturated rings. The predicted molar refractivity (Wildman–Crippen MR) is 98.1 cm³/mol. The third-order valence-electron chi connectivity index (χ3n) is 4.62. The van der Waals surface area contributed by atoms with Crippen molar-refractivity contribution in [2.45, 2.75) is 19.4 Å². The number of carbonyl (C=O) groups is 1. The van der Waals surface area contributed by atoms with Crippen molar-refractivity contribution in [1.29, 1.82) is 0 Å². The van der Waals surface area contributed by atoms with Gasteiger partial charge in [0.1, 0.15) is 0 Å². The van der Waals surface area contributed by atoms with Crippen molar-refractivity contribution in [3.63, 3.8) is 0 Å². The molecule has 8 heteroatoms. The van der Waals surface area contributed by atoms with Crippen LogP contribution in [0.1, 0.15) is 22.5 Å². The molecule has 1 atom stereocenters. The van der Waals surface area contributed by atoms with Crippen LogP contribution in [0.25, 0.3) is 16.7 Å². The van der Waals surface area contributed by atoms with Crippen molar-refractivity contribution >= 4 is 26.6 Å². The number of hydrogen-bond acceptors (Lipinski definition) is 5. The van der Waals surface area contributed by atoms with E-state index in [0.717, 1.165) is 10.9 Å². The summed E-state index contributed by atoms with van der Waals surface area (Å²) in [7, 11) is -3.04. The minimum Gasteiger partial charge on any atom is -0.348 e. The first-order chi connectivity index (χ1) is 12.4. The highest BCUT2D eigenvalue weighted by molar-refractivity contribution is 7.91. The summed E-state index contributed by atoms with van der Waals surface area (Å²) in [5, 5.41) is 8.12. The van der Waals surface area contributed by atoms with Gasteiger partial charge in [0.2, 0.25) is 0 Å². The van der Waals surface area contributed by atoms with E-state index in [1.165, 1.54) is 6.20 Å². The van der Waals surface area contributed by atoms with Crippen LogP contribution in [0.5, 0.6) is 0 Å². The molecular weight excluding hydrogens is 352 g/mol. The normalized spacial score (nSPS) is 18.9. The number of para-hydroxylation sites is 1. The first-order valence-corrected chi connectivity index (χ1v) is 10.2. The lowest BCUT2D eigenvalue weighted by Crippen LogP contribution is -2.35. The summed E-state index contributed by atoms with van der Waals surface area (Å²) < 4.78 is 24.7. The number of fused-ring (bicyclic) bond motifs is 1. The molecule has 1 unspecified atom stereocenters. The number of amides is 1. The molecule has 1 aliphatic heterocycles. The van der Waals surface area contributed by atoms with Gasteiger partial charge in [0.15, 0.2) is 15.7 Å². The number of hydrogen-bond donors (Lipinski definition) is 1. The minimum atomic E-state index is -3.04. The zero-order chi connectivity index (χ0) is 18.3. The SMILES string of the molecule is Cc1c(C(=O)NC2CCS(=O)(=O)C2)cnn1-c1ccc2ccccc2n1. The van der Waals surface area contributed by atoms with Crippen molar-refractivity contribution in [2.75, 3.05) is 11.5 Å². The molecule has 3 aromatic rings. The molecule has 26 heavy (non-hydrogen) atoms. The van der Waals surface area contributed by atoms with Gasteiger partial charge in [0.25, 0.3) is 5.91 Å². The first kappa shape index (κ1) is 16.7. The van der Waals surface area contributed by atoms with E-state index in [1.807, 2.05) is 36.4 Å². The third-order valence-corrected chi connectivity index (χ3v) is 6.39. The smallest absolute Gasteiger partial charge is 0.255 e. The van der Waals surface area contributed by atoms with Gasteiger partial charge in [0.05, 0.1) is 34.5 Å². The van der Waals surface area contributed by atoms with Crippen LogP contribution in [0.4, 0.5) is 0 Å². The van der Waals surface area contributed by atoms with E-state index in [4.69, 9.17) is 0 Å². The molecule has 0 spiro atoms. The molecule has 0 aliphatic carbocycles. The maximum absolute atomic E-state index is 12.5. The second-order valence-electron chi connectivity index (χ2n) is 6.49. The second-order valence-corrected chi connectivity index (χ2v) is 8.72. The van der Waals surface area contributed by atoms with Gasteiger partial charge in [-0.05, 0) is 31.5 Å². The summed E-state index contributed by atoms with van der Waals surface area (Å²) in [6.07, 6.45) is 1.94. The van der Waals surface area contributed by atoms with Crippen LogP contribution in [0, 0.1) is 6.92 Å². The molecule has 1 aliphatic rings. The van der Waals surface area contributed by atoms with Gasteiger partial charge in [-0.2, -0.15) is 5.10 Å². The van der Waals surface area contributed by atoms with E-state index in [9.17, 15) is 13.2 Å². The van der Waals surface area contributed by atoms with Gasteiger partial charge in [-0.3, -0.25) is 4.79 Å². The number of pyridine rings is 1. The Morgan fingerprint density at radius 1 is 1.23 bits per heavy atom. The Hall–Kier alpha value is -2.74. The molecule has 134 valence electrons. The summed E-state index contributed by atoms with van der Waals surface area (Å²) in [6.45, 7) is 1.80. The number of nitrogens with zero attached hydrogens (tertiary/aromatic N) is 3. The van der Waals surface area contributed by atoms with E-state index < -0.39 is 9.84 Å². The fourth-order valence-electron chi connectivity index (χ4n) is 3.21. The van der Waals surface area contributed by atoms with Gasteiger partial charge < -0.3 is 5.32 Å². The van der Waals surface area contributed by atoms with Gasteiger partial charge in [-0.1, -0.05) is 18.2 Å². The molecule has 0 bridgehead atoms. The van der Waals surface area contributed by atoms with E-state index in [2.05, 4.69) is 15.4 Å². The average Bonchev–Trinajstić information content (AvgIpc) is 3.16. The van der Waals surface area contributed by atoms with Crippen molar-refractivity contribution in [2.24, 2.45) is 0 Å². The topological polar surface area (TPSA) is 94.0 Å². The van der Waals surface area contributed by atoms with Crippen LogP contribution in [0.15, 0.2) is 42.6 Å². The summed E-state index contributed by atoms with van der Waals surface area (Å²) in [5.41, 5.74) is 1.93. The molecule has 2 aromatic heterocycles. The molecule has 0 radical (unpaired) electrons. The highest BCUT2D eigenvalue weighted by Crippen LogP contribution is 2.18. The van der Waals surface area contributed by atoms with Gasteiger partial charge >= 0.3 is 0 Å². The predicted octanol–water partition coefficient (Wildman–Crippen LogP) is 1.65. The number of aromatic nitrogens is 3. The molecule has 4 rings (SSSR count). The lowest BCUT2D eigenvalue weighted by atomic mass is 10.2. The zero-order valence-corrected chi connectivity index (χ0v) is 15.0. The summed E-state index contributed by atoms with van der Waals surface area (Å²) >= 11 is 0. The number of carbonyl (C=O) groups excluding carboxylic acids is 1.